The highest BCUT2D eigenvalue weighted by Crippen LogP contribution is 2.32. The minimum Gasteiger partial charge on any atom is -0.384 e. The van der Waals surface area contributed by atoms with E-state index in [1.807, 2.05) is 0 Å². The minimum absolute atomic E-state index is 0.391. The van der Waals surface area contributed by atoms with Crippen molar-refractivity contribution in [1.82, 2.24) is 0 Å². The Morgan fingerprint density at radius 2 is 1.47 bits per heavy atom. The first-order chi connectivity index (χ1) is 9.22. The second-order valence-electron chi connectivity index (χ2n) is 5.23. The van der Waals surface area contributed by atoms with Crippen LogP contribution in [0.15, 0.2) is 54.6 Å². The van der Waals surface area contributed by atoms with Crippen molar-refractivity contribution in [2.24, 2.45) is 5.92 Å². The van der Waals surface area contributed by atoms with Gasteiger partial charge in [-0.15, -0.1) is 0 Å². The van der Waals surface area contributed by atoms with Crippen LogP contribution in [-0.4, -0.2) is 13.7 Å². The van der Waals surface area contributed by atoms with Gasteiger partial charge in [0.15, 0.2) is 0 Å². The van der Waals surface area contributed by atoms with Crippen molar-refractivity contribution in [2.45, 2.75) is 19.8 Å². The lowest BCUT2D eigenvalue weighted by Crippen LogP contribution is -2.16. The van der Waals surface area contributed by atoms with E-state index < -0.39 is 0 Å². The molecule has 0 bridgehead atoms. The molecule has 0 amide bonds. The summed E-state index contributed by atoms with van der Waals surface area (Å²) in [7, 11) is 1.77. The highest BCUT2D eigenvalue weighted by molar-refractivity contribution is 5.34. The summed E-state index contributed by atoms with van der Waals surface area (Å²) in [5.74, 6) is 0.844. The number of rotatable bonds is 5. The first-order valence-corrected chi connectivity index (χ1v) is 6.83. The second kappa shape index (κ2) is 6.53. The van der Waals surface area contributed by atoms with Gasteiger partial charge >= 0.3 is 0 Å². The topological polar surface area (TPSA) is 9.23 Å². The van der Waals surface area contributed by atoms with Crippen LogP contribution in [0.25, 0.3) is 0 Å². The van der Waals surface area contributed by atoms with Crippen LogP contribution >= 0.6 is 0 Å². The van der Waals surface area contributed by atoms with E-state index in [4.69, 9.17) is 4.74 Å². The first-order valence-electron chi connectivity index (χ1n) is 6.83. The normalized spacial score (nSPS) is 14.1. The summed E-state index contributed by atoms with van der Waals surface area (Å²) in [6.45, 7) is 5.15. The molecule has 2 atom stereocenters. The Labute approximate surface area is 116 Å². The molecule has 0 aromatic heterocycles. The molecule has 0 aliphatic rings. The molecule has 1 nitrogen and oxygen atoms in total. The molecule has 2 unspecified atom stereocenters. The van der Waals surface area contributed by atoms with Crippen LogP contribution in [-0.2, 0) is 4.74 Å². The number of benzene rings is 2. The lowest BCUT2D eigenvalue weighted by molar-refractivity contribution is 0.152. The zero-order valence-corrected chi connectivity index (χ0v) is 12.0. The maximum Gasteiger partial charge on any atom is 0.0496 e. The fraction of sp³-hybridized carbons (Fsp3) is 0.333. The second-order valence-corrected chi connectivity index (χ2v) is 5.23. The van der Waals surface area contributed by atoms with Gasteiger partial charge in [0.25, 0.3) is 0 Å². The fourth-order valence-electron chi connectivity index (χ4n) is 2.64. The lowest BCUT2D eigenvalue weighted by Gasteiger charge is -2.24. The van der Waals surface area contributed by atoms with Crippen molar-refractivity contribution < 1.29 is 4.74 Å². The third kappa shape index (κ3) is 3.45. The summed E-state index contributed by atoms with van der Waals surface area (Å²) >= 11 is 0. The van der Waals surface area contributed by atoms with E-state index in [0.29, 0.717) is 11.8 Å². The van der Waals surface area contributed by atoms with E-state index >= 15 is 0 Å². The molecule has 0 aliphatic carbocycles. The molecule has 1 heteroatoms. The monoisotopic (exact) mass is 254 g/mol. The number of aryl methyl sites for hydroxylation is 1. The van der Waals surface area contributed by atoms with Gasteiger partial charge in [0.2, 0.25) is 0 Å². The average molecular weight is 254 g/mol. The Kier molecular flexibility index (Phi) is 4.75. The lowest BCUT2D eigenvalue weighted by atomic mass is 9.82. The van der Waals surface area contributed by atoms with Crippen molar-refractivity contribution in [3.8, 4) is 0 Å². The summed E-state index contributed by atoms with van der Waals surface area (Å²) in [4.78, 5) is 0. The molecule has 0 spiro atoms. The smallest absolute Gasteiger partial charge is 0.0496 e. The molecule has 19 heavy (non-hydrogen) atoms. The number of hydrogen-bond donors (Lipinski definition) is 0. The molecule has 0 saturated carbocycles. The van der Waals surface area contributed by atoms with Crippen molar-refractivity contribution in [3.63, 3.8) is 0 Å². The van der Waals surface area contributed by atoms with Gasteiger partial charge < -0.3 is 4.74 Å². The average Bonchev–Trinajstić information content (AvgIpc) is 2.43. The molecule has 2 aromatic rings. The summed E-state index contributed by atoms with van der Waals surface area (Å²) in [6, 6.07) is 19.5. The Bertz CT molecular complexity index is 487. The van der Waals surface area contributed by atoms with Crippen LogP contribution in [0.2, 0.25) is 0 Å². The Morgan fingerprint density at radius 3 is 2.05 bits per heavy atom. The van der Waals surface area contributed by atoms with E-state index in [2.05, 4.69) is 68.4 Å². The molecule has 0 saturated heterocycles. The van der Waals surface area contributed by atoms with Gasteiger partial charge in [-0.1, -0.05) is 67.1 Å². The van der Waals surface area contributed by atoms with Gasteiger partial charge in [0.1, 0.15) is 0 Å². The number of hydrogen-bond acceptors (Lipinski definition) is 1. The third-order valence-electron chi connectivity index (χ3n) is 3.59. The molecule has 2 aromatic carbocycles. The molecule has 0 fully saturated rings. The van der Waals surface area contributed by atoms with Crippen LogP contribution in [0.4, 0.5) is 0 Å². The summed E-state index contributed by atoms with van der Waals surface area (Å²) in [5.41, 5.74) is 4.02. The van der Waals surface area contributed by atoms with E-state index in [0.717, 1.165) is 6.61 Å². The van der Waals surface area contributed by atoms with Gasteiger partial charge in [-0.25, -0.2) is 0 Å². The standard InChI is InChI=1S/C18H22O/c1-14-9-11-17(12-10-14)18(15(2)13-19-3)16-7-5-4-6-8-16/h4-12,15,18H,13H2,1-3H3. The fourth-order valence-corrected chi connectivity index (χ4v) is 2.64. The van der Waals surface area contributed by atoms with Crippen LogP contribution in [0.1, 0.15) is 29.5 Å². The van der Waals surface area contributed by atoms with Crippen molar-refractivity contribution in [3.05, 3.63) is 71.3 Å². The summed E-state index contributed by atoms with van der Waals surface area (Å²) < 4.78 is 5.35. The van der Waals surface area contributed by atoms with Crippen LogP contribution in [0, 0.1) is 12.8 Å². The molecule has 0 radical (unpaired) electrons. The van der Waals surface area contributed by atoms with Gasteiger partial charge in [-0.2, -0.15) is 0 Å². The summed E-state index contributed by atoms with van der Waals surface area (Å²) in [6.07, 6.45) is 0. The quantitative estimate of drug-likeness (QED) is 0.768. The van der Waals surface area contributed by atoms with E-state index in [-0.39, 0.29) is 0 Å². The zero-order chi connectivity index (χ0) is 13.7. The molecular formula is C18H22O. The van der Waals surface area contributed by atoms with Gasteiger partial charge in [-0.05, 0) is 24.0 Å². The van der Waals surface area contributed by atoms with Crippen LogP contribution in [0.3, 0.4) is 0 Å². The van der Waals surface area contributed by atoms with Gasteiger partial charge in [-0.3, -0.25) is 0 Å². The molecule has 2 rings (SSSR count). The summed E-state index contributed by atoms with van der Waals surface area (Å²) in [5, 5.41) is 0. The number of methoxy groups -OCH3 is 1. The Balaban J connectivity index is 2.37. The van der Waals surface area contributed by atoms with Gasteiger partial charge in [0.05, 0.1) is 0 Å². The third-order valence-corrected chi connectivity index (χ3v) is 3.59. The SMILES string of the molecule is COCC(C)C(c1ccccc1)c1ccc(C)cc1. The van der Waals surface area contributed by atoms with E-state index in [9.17, 15) is 0 Å². The highest BCUT2D eigenvalue weighted by atomic mass is 16.5. The van der Waals surface area contributed by atoms with E-state index in [1.54, 1.807) is 7.11 Å². The van der Waals surface area contributed by atoms with Crippen molar-refractivity contribution in [1.29, 1.82) is 0 Å². The predicted molar refractivity (Wildman–Crippen MR) is 80.5 cm³/mol. The molecule has 0 heterocycles. The Hall–Kier alpha value is -1.60. The van der Waals surface area contributed by atoms with Crippen molar-refractivity contribution >= 4 is 0 Å². The maximum atomic E-state index is 5.35. The van der Waals surface area contributed by atoms with E-state index in [1.165, 1.54) is 16.7 Å². The molecule has 100 valence electrons. The maximum absolute atomic E-state index is 5.35. The molecule has 0 aliphatic heterocycles. The van der Waals surface area contributed by atoms with Crippen LogP contribution in [0.5, 0.6) is 0 Å². The van der Waals surface area contributed by atoms with Crippen LogP contribution < -0.4 is 0 Å². The Morgan fingerprint density at radius 1 is 0.895 bits per heavy atom. The minimum atomic E-state index is 0.391. The highest BCUT2D eigenvalue weighted by Gasteiger charge is 2.21. The first kappa shape index (κ1) is 13.8. The predicted octanol–water partition coefficient (Wildman–Crippen LogP) is 4.41. The van der Waals surface area contributed by atoms with Gasteiger partial charge in [0, 0.05) is 19.6 Å². The zero-order valence-electron chi connectivity index (χ0n) is 12.0. The molecule has 0 N–H and O–H groups in total. The largest absolute Gasteiger partial charge is 0.384 e. The van der Waals surface area contributed by atoms with Crippen molar-refractivity contribution in [2.75, 3.05) is 13.7 Å². The number of ether oxygens (including phenoxy) is 1. The molecular weight excluding hydrogens is 232 g/mol.